The highest BCUT2D eigenvalue weighted by Crippen LogP contribution is 2.76. The summed E-state index contributed by atoms with van der Waals surface area (Å²) in [7, 11) is 0. The van der Waals surface area contributed by atoms with Crippen molar-refractivity contribution in [3.8, 4) is 0 Å². The Morgan fingerprint density at radius 3 is 2.17 bits per heavy atom. The molecule has 5 aliphatic carbocycles. The first-order valence-corrected chi connectivity index (χ1v) is 22.7. The van der Waals surface area contributed by atoms with Crippen LogP contribution >= 0.6 is 11.8 Å². The van der Waals surface area contributed by atoms with Gasteiger partial charge in [0.25, 0.3) is 0 Å². The Balaban J connectivity index is 1.37. The lowest BCUT2D eigenvalue weighted by atomic mass is 9.31. The molecule has 5 N–H and O–H groups in total. The van der Waals surface area contributed by atoms with Crippen molar-refractivity contribution in [2.75, 3.05) is 18.1 Å². The molecule has 356 valence electrons. The maximum Gasteiger partial charge on any atom is 0.408 e. The van der Waals surface area contributed by atoms with Gasteiger partial charge in [-0.1, -0.05) is 55.5 Å². The van der Waals surface area contributed by atoms with E-state index in [1.54, 1.807) is 64.1 Å². The number of carboxylic acids is 1. The number of aliphatic hydroxyl groups is 3. The molecule has 18 nitrogen and oxygen atoms in total. The van der Waals surface area contributed by atoms with Crippen LogP contribution in [0, 0.1) is 16.7 Å². The Morgan fingerprint density at radius 1 is 0.955 bits per heavy atom. The van der Waals surface area contributed by atoms with Crippen molar-refractivity contribution in [2.24, 2.45) is 16.7 Å². The zero-order valence-corrected chi connectivity index (χ0v) is 38.4. The third-order valence-corrected chi connectivity index (χ3v) is 14.8. The third kappa shape index (κ3) is 7.95. The first kappa shape index (κ1) is 48.6. The Hall–Kier alpha value is -5.34. The van der Waals surface area contributed by atoms with Crippen LogP contribution in [0.3, 0.4) is 0 Å². The van der Waals surface area contributed by atoms with Crippen LogP contribution in [0.2, 0.25) is 0 Å². The van der Waals surface area contributed by atoms with Crippen LogP contribution in [-0.4, -0.2) is 133 Å². The number of ketones is 1. The quantitative estimate of drug-likeness (QED) is 0.109. The first-order valence-electron chi connectivity index (χ1n) is 21.5. The van der Waals surface area contributed by atoms with E-state index in [0.29, 0.717) is 11.8 Å². The van der Waals surface area contributed by atoms with Crippen molar-refractivity contribution in [1.82, 2.24) is 5.32 Å². The molecule has 5 fully saturated rings. The number of thioether (sulfide) groups is 1. The molecule has 0 radical (unpaired) electrons. The molecule has 1 unspecified atom stereocenters. The molecule has 1 amide bonds. The third-order valence-electron chi connectivity index (χ3n) is 14.0. The fourth-order valence-corrected chi connectivity index (χ4v) is 11.8. The van der Waals surface area contributed by atoms with E-state index in [0.717, 1.165) is 6.92 Å². The molecule has 0 spiro atoms. The number of esters is 4. The number of amides is 1. The van der Waals surface area contributed by atoms with Crippen LogP contribution in [0.25, 0.3) is 0 Å². The van der Waals surface area contributed by atoms with Gasteiger partial charge in [-0.3, -0.25) is 19.2 Å². The topological polar surface area (TPSA) is 268 Å². The summed E-state index contributed by atoms with van der Waals surface area (Å²) in [5.41, 5.74) is -10.7. The average molecular weight is 938 g/mol. The Morgan fingerprint density at radius 2 is 1.59 bits per heavy atom. The predicted octanol–water partition coefficient (Wildman–Crippen LogP) is 3.38. The molecule has 2 aromatic rings. The van der Waals surface area contributed by atoms with Gasteiger partial charge in [0.15, 0.2) is 17.0 Å². The fraction of sp³-hybridized carbons (Fsp3) is 0.553. The minimum Gasteiger partial charge on any atom is -0.481 e. The lowest BCUT2D eigenvalue weighted by Crippen LogP contribution is -2.91. The minimum atomic E-state index is -2.38. The summed E-state index contributed by atoms with van der Waals surface area (Å²) in [5, 5.41) is 49.9. The molecule has 19 heteroatoms. The SMILES string of the molecule is CC(=O)O[C@@]12CO[C@@H]1C[C@H](O)[C@@]1(C)C(=O)[C@H](O)C3=C(C)[C@@H](OC(=O)[C@H](OC(=O)CSCC(=O)O)[C@@H](NC(=O)OC(C)(C)C)c4ccccc4)C[C@]4(O)C3(C)C[C@@]4(OC(=O)c3ccccc3)[C@H]21. The van der Waals surface area contributed by atoms with Gasteiger partial charge in [-0.05, 0) is 63.5 Å². The van der Waals surface area contributed by atoms with E-state index in [9.17, 15) is 49.2 Å². The van der Waals surface area contributed by atoms with Gasteiger partial charge in [-0.2, -0.15) is 0 Å². The van der Waals surface area contributed by atoms with Gasteiger partial charge in [-0.25, -0.2) is 14.4 Å². The smallest absolute Gasteiger partial charge is 0.408 e. The highest BCUT2D eigenvalue weighted by molar-refractivity contribution is 8.00. The Labute approximate surface area is 384 Å². The van der Waals surface area contributed by atoms with E-state index in [4.69, 9.17) is 28.4 Å². The first-order chi connectivity index (χ1) is 30.8. The maximum atomic E-state index is 15.2. The summed E-state index contributed by atoms with van der Waals surface area (Å²) < 4.78 is 35.9. The van der Waals surface area contributed by atoms with Crippen molar-refractivity contribution < 1.29 is 82.4 Å². The summed E-state index contributed by atoms with van der Waals surface area (Å²) in [6.07, 6.45) is -10.3. The zero-order chi connectivity index (χ0) is 48.4. The molecule has 1 heterocycles. The summed E-state index contributed by atoms with van der Waals surface area (Å²) >= 11 is 0.690. The molecule has 2 aromatic carbocycles. The van der Waals surface area contributed by atoms with E-state index in [1.165, 1.54) is 38.1 Å². The second kappa shape index (κ2) is 17.4. The second-order valence-electron chi connectivity index (χ2n) is 19.2. The molecule has 6 aliphatic rings. The van der Waals surface area contributed by atoms with E-state index in [-0.39, 0.29) is 41.7 Å². The van der Waals surface area contributed by atoms with Crippen LogP contribution in [-0.2, 0) is 52.4 Å². The fourth-order valence-electron chi connectivity index (χ4n) is 11.3. The number of hydrogen-bond donors (Lipinski definition) is 5. The number of ether oxygens (including phenoxy) is 6. The van der Waals surface area contributed by atoms with Crippen molar-refractivity contribution in [2.45, 2.75) is 127 Å². The number of fused-ring (bicyclic) bond motifs is 2. The molecular weight excluding hydrogens is 883 g/mol. The number of carboxylic acid groups (broad SMARTS) is 1. The average Bonchev–Trinajstić information content (AvgIpc) is 3.23. The molecule has 66 heavy (non-hydrogen) atoms. The molecule has 12 atom stereocenters. The minimum absolute atomic E-state index is 0.0554. The highest BCUT2D eigenvalue weighted by atomic mass is 32.2. The normalized spacial score (nSPS) is 33.9. The number of nitrogens with one attached hydrogen (secondary N) is 1. The largest absolute Gasteiger partial charge is 0.481 e. The van der Waals surface area contributed by atoms with Crippen molar-refractivity contribution in [3.05, 3.63) is 82.9 Å². The maximum absolute atomic E-state index is 15.2. The molecule has 4 saturated carbocycles. The molecule has 1 saturated heterocycles. The predicted molar refractivity (Wildman–Crippen MR) is 230 cm³/mol. The highest BCUT2D eigenvalue weighted by Gasteiger charge is 2.89. The number of aliphatic carboxylic acids is 1. The van der Waals surface area contributed by atoms with Crippen LogP contribution in [0.1, 0.15) is 89.7 Å². The molecule has 0 aromatic heterocycles. The van der Waals surface area contributed by atoms with E-state index >= 15 is 4.79 Å². The van der Waals surface area contributed by atoms with Gasteiger partial charge in [0.2, 0.25) is 6.10 Å². The lowest BCUT2D eigenvalue weighted by Gasteiger charge is -2.77. The van der Waals surface area contributed by atoms with Crippen molar-refractivity contribution >= 4 is 53.5 Å². The van der Waals surface area contributed by atoms with Gasteiger partial charge >= 0.3 is 35.9 Å². The number of benzene rings is 2. The summed E-state index contributed by atoms with van der Waals surface area (Å²) in [6, 6.07) is 14.2. The Kier molecular flexibility index (Phi) is 12.8. The summed E-state index contributed by atoms with van der Waals surface area (Å²) in [5.74, 6) is -8.79. The number of hydrogen-bond acceptors (Lipinski definition) is 17. The number of alkyl carbamates (subject to hydrolysis) is 1. The van der Waals surface area contributed by atoms with Crippen molar-refractivity contribution in [1.29, 1.82) is 0 Å². The number of aliphatic hydroxyl groups excluding tert-OH is 2. The van der Waals surface area contributed by atoms with Gasteiger partial charge in [0.05, 0.1) is 41.1 Å². The van der Waals surface area contributed by atoms with E-state index < -0.39 is 135 Å². The van der Waals surface area contributed by atoms with Gasteiger partial charge < -0.3 is 54.2 Å². The van der Waals surface area contributed by atoms with Crippen LogP contribution in [0.4, 0.5) is 4.79 Å². The zero-order valence-electron chi connectivity index (χ0n) is 37.6. The van der Waals surface area contributed by atoms with E-state index in [2.05, 4.69) is 5.32 Å². The number of rotatable bonds is 13. The van der Waals surface area contributed by atoms with Crippen LogP contribution in [0.15, 0.2) is 71.8 Å². The standard InChI is InChI=1S/C47H55NO17S/c1-24-28(61-39(57)36(62-32(53)21-66-20-31(51)52)34(26-14-10-8-11-15-26)48-41(58)65-42(3,4)5)19-47(59)43(6)22-46(47,64-38(56)27-16-12-9-13-17-27)40-44(7,37(55)35(54)33(24)43)29(50)18-30-45(40,23-60-30)63-25(2)49/h8-17,28-30,34-36,40,50,54,59H,18-23H2,1-7H3,(H,48,58)(H,51,52)/t28-,29-,30+,34-,35+,36+,40-,43?,44-,45-,46+,47-/m0/s1. The summed E-state index contributed by atoms with van der Waals surface area (Å²) in [4.78, 5) is 95.5. The summed E-state index contributed by atoms with van der Waals surface area (Å²) in [6.45, 7) is 10.1. The monoisotopic (exact) mass is 937 g/mol. The number of Topliss-reactive ketones (excluding diaryl/α,β-unsaturated/α-hetero) is 1. The molecular formula is C47H55NO17S. The van der Waals surface area contributed by atoms with Crippen molar-refractivity contribution in [3.63, 3.8) is 0 Å². The second-order valence-corrected chi connectivity index (χ2v) is 20.1. The Bertz CT molecular complexity index is 2330. The molecule has 8 rings (SSSR count). The number of carbonyl (C=O) groups excluding carboxylic acids is 6. The number of carbonyl (C=O) groups is 7. The van der Waals surface area contributed by atoms with Crippen LogP contribution in [0.5, 0.6) is 0 Å². The molecule has 1 aliphatic heterocycles. The van der Waals surface area contributed by atoms with E-state index in [1.807, 2.05) is 0 Å². The van der Waals surface area contributed by atoms with Gasteiger partial charge in [0.1, 0.15) is 35.6 Å². The van der Waals surface area contributed by atoms with Gasteiger partial charge in [0, 0.05) is 31.6 Å². The van der Waals surface area contributed by atoms with Gasteiger partial charge in [-0.15, -0.1) is 11.8 Å². The lowest BCUT2D eigenvalue weighted by molar-refractivity contribution is -0.403. The van der Waals surface area contributed by atoms with Crippen LogP contribution < -0.4 is 5.32 Å². The molecule has 4 bridgehead atoms.